The standard InChI is InChI=1S/C17H14ClFN2O3/c1-2-24-15(23)8-7-14(22)16-13(9-10-20-17(16)18)21-12-5-3-11(19)4-6-12/h3-10H,2H2,1H3,(H,20,21)/b8-7+. The van der Waals surface area contributed by atoms with E-state index in [0.717, 1.165) is 12.2 Å². The number of carbonyl (C=O) groups is 2. The molecule has 2 rings (SSSR count). The predicted molar refractivity (Wildman–Crippen MR) is 89.0 cm³/mol. The monoisotopic (exact) mass is 348 g/mol. The first kappa shape index (κ1) is 17.6. The highest BCUT2D eigenvalue weighted by atomic mass is 35.5. The van der Waals surface area contributed by atoms with Gasteiger partial charge in [-0.15, -0.1) is 0 Å². The average molecular weight is 349 g/mol. The molecule has 0 bridgehead atoms. The number of esters is 1. The fraction of sp³-hybridized carbons (Fsp3) is 0.118. The minimum absolute atomic E-state index is 0.0133. The third kappa shape index (κ3) is 4.63. The molecule has 0 spiro atoms. The number of pyridine rings is 1. The Balaban J connectivity index is 2.27. The van der Waals surface area contributed by atoms with Crippen molar-refractivity contribution >= 4 is 34.7 Å². The molecule has 0 atom stereocenters. The van der Waals surface area contributed by atoms with Gasteiger partial charge < -0.3 is 10.1 Å². The molecule has 0 radical (unpaired) electrons. The van der Waals surface area contributed by atoms with Crippen molar-refractivity contribution in [2.75, 3.05) is 11.9 Å². The number of aromatic nitrogens is 1. The molecule has 7 heteroatoms. The molecule has 0 unspecified atom stereocenters. The van der Waals surface area contributed by atoms with Gasteiger partial charge in [-0.1, -0.05) is 11.6 Å². The first-order chi connectivity index (χ1) is 11.5. The lowest BCUT2D eigenvalue weighted by Crippen LogP contribution is -2.06. The zero-order valence-corrected chi connectivity index (χ0v) is 13.5. The number of nitrogens with one attached hydrogen (secondary N) is 1. The molecule has 5 nitrogen and oxygen atoms in total. The predicted octanol–water partition coefficient (Wildman–Crippen LogP) is 3.92. The van der Waals surface area contributed by atoms with E-state index >= 15 is 0 Å². The summed E-state index contributed by atoms with van der Waals surface area (Å²) in [5.41, 5.74) is 1.06. The molecular formula is C17H14ClFN2O3. The summed E-state index contributed by atoms with van der Waals surface area (Å²) in [6.07, 6.45) is 3.52. The lowest BCUT2D eigenvalue weighted by atomic mass is 10.1. The van der Waals surface area contributed by atoms with E-state index in [9.17, 15) is 14.0 Å². The van der Waals surface area contributed by atoms with Crippen LogP contribution in [0.2, 0.25) is 5.15 Å². The van der Waals surface area contributed by atoms with Crippen LogP contribution in [0.5, 0.6) is 0 Å². The van der Waals surface area contributed by atoms with Gasteiger partial charge in [0.2, 0.25) is 0 Å². The molecule has 0 fully saturated rings. The third-order valence-corrected chi connectivity index (χ3v) is 3.22. The molecule has 124 valence electrons. The molecule has 1 heterocycles. The van der Waals surface area contributed by atoms with Crippen molar-refractivity contribution in [3.8, 4) is 0 Å². The van der Waals surface area contributed by atoms with Crippen LogP contribution >= 0.6 is 11.6 Å². The number of hydrogen-bond donors (Lipinski definition) is 1. The molecule has 0 amide bonds. The molecule has 0 saturated heterocycles. The van der Waals surface area contributed by atoms with Gasteiger partial charge in [-0.05, 0) is 43.3 Å². The number of allylic oxidation sites excluding steroid dienone is 1. The number of ketones is 1. The topological polar surface area (TPSA) is 68.3 Å². The van der Waals surface area contributed by atoms with E-state index in [1.54, 1.807) is 13.0 Å². The maximum atomic E-state index is 13.0. The summed E-state index contributed by atoms with van der Waals surface area (Å²) in [7, 11) is 0. The van der Waals surface area contributed by atoms with Gasteiger partial charge in [0.15, 0.2) is 5.78 Å². The van der Waals surface area contributed by atoms with Gasteiger partial charge in [0, 0.05) is 18.0 Å². The Morgan fingerprint density at radius 1 is 1.25 bits per heavy atom. The van der Waals surface area contributed by atoms with Crippen LogP contribution in [0, 0.1) is 5.82 Å². The van der Waals surface area contributed by atoms with Crippen LogP contribution in [0.25, 0.3) is 0 Å². The van der Waals surface area contributed by atoms with Crippen molar-refractivity contribution in [1.29, 1.82) is 0 Å². The number of halogens is 2. The minimum Gasteiger partial charge on any atom is -0.463 e. The van der Waals surface area contributed by atoms with Gasteiger partial charge in [-0.2, -0.15) is 0 Å². The molecule has 1 aromatic carbocycles. The Hall–Kier alpha value is -2.73. The largest absolute Gasteiger partial charge is 0.463 e. The highest BCUT2D eigenvalue weighted by molar-refractivity contribution is 6.34. The molecule has 0 aliphatic rings. The number of nitrogens with zero attached hydrogens (tertiary/aromatic N) is 1. The first-order valence-corrected chi connectivity index (χ1v) is 7.45. The second-order valence-electron chi connectivity index (χ2n) is 4.61. The summed E-state index contributed by atoms with van der Waals surface area (Å²) in [6.45, 7) is 1.87. The molecule has 24 heavy (non-hydrogen) atoms. The Morgan fingerprint density at radius 3 is 2.62 bits per heavy atom. The second-order valence-corrected chi connectivity index (χ2v) is 4.96. The van der Waals surface area contributed by atoms with E-state index in [1.165, 1.54) is 30.5 Å². The number of ether oxygens (including phenoxy) is 1. The molecule has 1 aromatic heterocycles. The summed E-state index contributed by atoms with van der Waals surface area (Å²) in [5, 5.41) is 2.96. The molecule has 1 N–H and O–H groups in total. The highest BCUT2D eigenvalue weighted by Gasteiger charge is 2.15. The Morgan fingerprint density at radius 2 is 1.96 bits per heavy atom. The molecular weight excluding hydrogens is 335 g/mol. The quantitative estimate of drug-likeness (QED) is 0.371. The van der Waals surface area contributed by atoms with E-state index in [-0.39, 0.29) is 23.1 Å². The number of benzene rings is 1. The van der Waals surface area contributed by atoms with E-state index < -0.39 is 11.8 Å². The number of hydrogen-bond acceptors (Lipinski definition) is 5. The summed E-state index contributed by atoms with van der Waals surface area (Å²) >= 11 is 6.01. The zero-order chi connectivity index (χ0) is 17.5. The van der Waals surface area contributed by atoms with E-state index in [0.29, 0.717) is 11.4 Å². The minimum atomic E-state index is -0.626. The molecule has 0 aliphatic heterocycles. The molecule has 0 aliphatic carbocycles. The second kappa shape index (κ2) is 8.21. The van der Waals surface area contributed by atoms with Crippen molar-refractivity contribution in [2.24, 2.45) is 0 Å². The Bertz CT molecular complexity index is 776. The first-order valence-electron chi connectivity index (χ1n) is 7.07. The van der Waals surface area contributed by atoms with Gasteiger partial charge in [0.05, 0.1) is 17.9 Å². The van der Waals surface area contributed by atoms with Gasteiger partial charge in [-0.25, -0.2) is 14.2 Å². The molecule has 2 aromatic rings. The van der Waals surface area contributed by atoms with E-state index in [4.69, 9.17) is 16.3 Å². The van der Waals surface area contributed by atoms with Crippen LogP contribution in [0.3, 0.4) is 0 Å². The van der Waals surface area contributed by atoms with Crippen LogP contribution < -0.4 is 5.32 Å². The smallest absolute Gasteiger partial charge is 0.330 e. The van der Waals surface area contributed by atoms with Crippen molar-refractivity contribution in [3.63, 3.8) is 0 Å². The van der Waals surface area contributed by atoms with Crippen LogP contribution in [0.15, 0.2) is 48.7 Å². The maximum Gasteiger partial charge on any atom is 0.330 e. The van der Waals surface area contributed by atoms with Crippen LogP contribution in [-0.4, -0.2) is 23.3 Å². The van der Waals surface area contributed by atoms with Crippen LogP contribution in [0.1, 0.15) is 17.3 Å². The summed E-state index contributed by atoms with van der Waals surface area (Å²) in [4.78, 5) is 27.5. The van der Waals surface area contributed by atoms with Crippen LogP contribution in [-0.2, 0) is 9.53 Å². The number of carbonyl (C=O) groups excluding carboxylic acids is 2. The number of rotatable bonds is 6. The molecule has 0 saturated carbocycles. The van der Waals surface area contributed by atoms with E-state index in [2.05, 4.69) is 10.3 Å². The summed E-state index contributed by atoms with van der Waals surface area (Å²) in [5.74, 6) is -1.51. The van der Waals surface area contributed by atoms with Gasteiger partial charge in [0.1, 0.15) is 11.0 Å². The normalized spacial score (nSPS) is 10.6. The van der Waals surface area contributed by atoms with Crippen molar-refractivity contribution in [3.05, 3.63) is 65.2 Å². The lowest BCUT2D eigenvalue weighted by molar-refractivity contribution is -0.137. The third-order valence-electron chi connectivity index (χ3n) is 2.93. The van der Waals surface area contributed by atoms with E-state index in [1.807, 2.05) is 0 Å². The fourth-order valence-corrected chi connectivity index (χ4v) is 2.13. The van der Waals surface area contributed by atoms with Gasteiger partial charge >= 0.3 is 5.97 Å². The summed E-state index contributed by atoms with van der Waals surface area (Å²) < 4.78 is 17.7. The highest BCUT2D eigenvalue weighted by Crippen LogP contribution is 2.26. The van der Waals surface area contributed by atoms with Crippen molar-refractivity contribution in [2.45, 2.75) is 6.92 Å². The lowest BCUT2D eigenvalue weighted by Gasteiger charge is -2.11. The Kier molecular flexibility index (Phi) is 6.03. The Labute approximate surface area is 143 Å². The zero-order valence-electron chi connectivity index (χ0n) is 12.8. The van der Waals surface area contributed by atoms with Gasteiger partial charge in [-0.3, -0.25) is 4.79 Å². The maximum absolute atomic E-state index is 13.0. The summed E-state index contributed by atoms with van der Waals surface area (Å²) in [6, 6.07) is 7.17. The van der Waals surface area contributed by atoms with Gasteiger partial charge in [0.25, 0.3) is 0 Å². The fourth-order valence-electron chi connectivity index (χ4n) is 1.88. The average Bonchev–Trinajstić information content (AvgIpc) is 2.55. The van der Waals surface area contributed by atoms with Crippen LogP contribution in [0.4, 0.5) is 15.8 Å². The van der Waals surface area contributed by atoms with Crippen molar-refractivity contribution < 1.29 is 18.7 Å². The van der Waals surface area contributed by atoms with Crippen molar-refractivity contribution in [1.82, 2.24) is 4.98 Å². The number of anilines is 2. The SMILES string of the molecule is CCOC(=O)/C=C/C(=O)c1c(Nc2ccc(F)cc2)ccnc1Cl.